The van der Waals surface area contributed by atoms with Crippen molar-refractivity contribution < 1.29 is 23.9 Å². The number of hydrogen-bond acceptors (Lipinski definition) is 6. The van der Waals surface area contributed by atoms with Crippen LogP contribution in [-0.4, -0.2) is 59.6 Å². The third-order valence-corrected chi connectivity index (χ3v) is 6.26. The van der Waals surface area contributed by atoms with Crippen molar-refractivity contribution >= 4 is 35.1 Å². The number of nitrogens with zero attached hydrogens (tertiary/aromatic N) is 1. The first kappa shape index (κ1) is 29.5. The van der Waals surface area contributed by atoms with Gasteiger partial charge in [-0.3, -0.25) is 19.7 Å². The van der Waals surface area contributed by atoms with Gasteiger partial charge in [0.2, 0.25) is 5.91 Å². The van der Waals surface area contributed by atoms with Crippen molar-refractivity contribution in [2.45, 2.75) is 90.7 Å². The Balaban J connectivity index is 1.80. The first-order valence-corrected chi connectivity index (χ1v) is 13.5. The van der Waals surface area contributed by atoms with E-state index in [9.17, 15) is 14.4 Å². The predicted molar refractivity (Wildman–Crippen MR) is 144 cm³/mol. The van der Waals surface area contributed by atoms with Gasteiger partial charge in [0.05, 0.1) is 19.1 Å². The van der Waals surface area contributed by atoms with Crippen molar-refractivity contribution in [1.29, 1.82) is 0 Å². The number of amides is 2. The van der Waals surface area contributed by atoms with E-state index < -0.39 is 17.9 Å². The fourth-order valence-electron chi connectivity index (χ4n) is 4.00. The number of thiocarbonyl (C=S) groups is 1. The first-order chi connectivity index (χ1) is 17.3. The van der Waals surface area contributed by atoms with Gasteiger partial charge in [0, 0.05) is 18.7 Å². The molecule has 2 amide bonds. The van der Waals surface area contributed by atoms with Gasteiger partial charge in [-0.25, -0.2) is 0 Å². The number of nitrogens with one attached hydrogen (secondary N) is 2. The van der Waals surface area contributed by atoms with E-state index in [1.807, 2.05) is 13.8 Å². The molecule has 0 radical (unpaired) electrons. The van der Waals surface area contributed by atoms with Crippen LogP contribution in [0.2, 0.25) is 0 Å². The smallest absolute Gasteiger partial charge is 0.308 e. The molecule has 0 aromatic heterocycles. The van der Waals surface area contributed by atoms with Crippen molar-refractivity contribution in [1.82, 2.24) is 15.5 Å². The van der Waals surface area contributed by atoms with Gasteiger partial charge in [-0.1, -0.05) is 51.9 Å². The normalized spacial score (nSPS) is 15.4. The molecule has 1 atom stereocenters. The zero-order valence-electron chi connectivity index (χ0n) is 21.8. The Morgan fingerprint density at radius 2 is 1.72 bits per heavy atom. The van der Waals surface area contributed by atoms with E-state index in [1.54, 1.807) is 29.2 Å². The minimum Gasteiger partial charge on any atom is -0.491 e. The number of hydrogen-bond donors (Lipinski definition) is 2. The third kappa shape index (κ3) is 10.5. The third-order valence-electron chi connectivity index (χ3n) is 5.92. The molecule has 200 valence electrons. The van der Waals surface area contributed by atoms with E-state index in [4.69, 9.17) is 21.7 Å². The zero-order valence-corrected chi connectivity index (χ0v) is 22.7. The number of carbonyl (C=O) groups excluding carboxylic acids is 3. The van der Waals surface area contributed by atoms with E-state index in [0.29, 0.717) is 31.0 Å². The second-order valence-electron chi connectivity index (χ2n) is 9.35. The molecule has 1 heterocycles. The summed E-state index contributed by atoms with van der Waals surface area (Å²) in [4.78, 5) is 39.2. The lowest BCUT2D eigenvalue weighted by molar-refractivity contribution is -0.147. The van der Waals surface area contributed by atoms with Crippen LogP contribution in [0.25, 0.3) is 0 Å². The van der Waals surface area contributed by atoms with Crippen molar-refractivity contribution in [3.05, 3.63) is 29.8 Å². The summed E-state index contributed by atoms with van der Waals surface area (Å²) in [5.41, 5.74) is 0.413. The van der Waals surface area contributed by atoms with Gasteiger partial charge in [-0.2, -0.15) is 0 Å². The Bertz CT molecular complexity index is 859. The van der Waals surface area contributed by atoms with Crippen molar-refractivity contribution in [2.75, 3.05) is 19.7 Å². The highest BCUT2D eigenvalue weighted by atomic mass is 32.1. The minimum absolute atomic E-state index is 0.0337. The summed E-state index contributed by atoms with van der Waals surface area (Å²) < 4.78 is 11.0. The number of ether oxygens (including phenoxy) is 2. The quantitative estimate of drug-likeness (QED) is 0.214. The summed E-state index contributed by atoms with van der Waals surface area (Å²) in [7, 11) is 0. The van der Waals surface area contributed by atoms with E-state index in [0.717, 1.165) is 19.3 Å². The summed E-state index contributed by atoms with van der Waals surface area (Å²) >= 11 is 5.43. The molecule has 1 saturated heterocycles. The Hall–Kier alpha value is -2.68. The van der Waals surface area contributed by atoms with Crippen LogP contribution in [-0.2, 0) is 14.3 Å². The highest BCUT2D eigenvalue weighted by Crippen LogP contribution is 2.15. The van der Waals surface area contributed by atoms with Crippen molar-refractivity contribution in [3.63, 3.8) is 0 Å². The molecular weight excluding hydrogens is 478 g/mol. The fraction of sp³-hybridized carbons (Fsp3) is 0.630. The molecule has 36 heavy (non-hydrogen) atoms. The fourth-order valence-corrected chi connectivity index (χ4v) is 4.31. The Labute approximate surface area is 220 Å². The number of carbonyl (C=O) groups is 3. The second kappa shape index (κ2) is 16.1. The summed E-state index contributed by atoms with van der Waals surface area (Å²) in [6, 6.07) is 5.92. The molecule has 1 aromatic rings. The van der Waals surface area contributed by atoms with Crippen LogP contribution in [0.4, 0.5) is 0 Å². The van der Waals surface area contributed by atoms with Crippen LogP contribution >= 0.6 is 12.2 Å². The molecule has 1 aliphatic heterocycles. The van der Waals surface area contributed by atoms with E-state index in [2.05, 4.69) is 17.6 Å². The van der Waals surface area contributed by atoms with Gasteiger partial charge in [0.1, 0.15) is 11.8 Å². The average molecular weight is 520 g/mol. The molecule has 0 aliphatic carbocycles. The van der Waals surface area contributed by atoms with Crippen LogP contribution in [0.15, 0.2) is 24.3 Å². The summed E-state index contributed by atoms with van der Waals surface area (Å²) in [5, 5.41) is 5.55. The Morgan fingerprint density at radius 3 is 2.36 bits per heavy atom. The van der Waals surface area contributed by atoms with Gasteiger partial charge in [0.15, 0.2) is 5.11 Å². The van der Waals surface area contributed by atoms with Crippen LogP contribution in [0.1, 0.15) is 88.9 Å². The molecule has 0 saturated carbocycles. The van der Waals surface area contributed by atoms with Crippen LogP contribution in [0, 0.1) is 0 Å². The first-order valence-electron chi connectivity index (χ1n) is 13.1. The molecule has 9 heteroatoms. The van der Waals surface area contributed by atoms with E-state index in [1.165, 1.54) is 32.1 Å². The topological polar surface area (TPSA) is 97.0 Å². The molecule has 0 spiro atoms. The molecule has 8 nitrogen and oxygen atoms in total. The summed E-state index contributed by atoms with van der Waals surface area (Å²) in [6.45, 7) is 7.17. The molecule has 2 N–H and O–H groups in total. The minimum atomic E-state index is -0.820. The molecule has 0 bridgehead atoms. The molecule has 1 fully saturated rings. The number of esters is 1. The highest BCUT2D eigenvalue weighted by Gasteiger charge is 2.34. The van der Waals surface area contributed by atoms with Gasteiger partial charge in [-0.15, -0.1) is 0 Å². The monoisotopic (exact) mass is 519 g/mol. The maximum Gasteiger partial charge on any atom is 0.308 e. The van der Waals surface area contributed by atoms with E-state index >= 15 is 0 Å². The maximum absolute atomic E-state index is 12.7. The van der Waals surface area contributed by atoms with Crippen molar-refractivity contribution in [2.24, 2.45) is 0 Å². The standard InChI is InChI=1S/C27H41N3O5S/c1-4-5-6-7-8-9-10-11-18-34-24(31)19-23-26(33)28-16-17-30(23)27(36)29-25(32)21-12-14-22(15-13-21)35-20(2)3/h12-15,20,23H,4-11,16-19H2,1-3H3,(H,28,33)(H,29,32,36). The Kier molecular flexibility index (Phi) is 13.2. The van der Waals surface area contributed by atoms with Gasteiger partial charge in [-0.05, 0) is 56.8 Å². The molecule has 1 aliphatic rings. The number of unbranched alkanes of at least 4 members (excludes halogenated alkanes) is 7. The van der Waals surface area contributed by atoms with Crippen molar-refractivity contribution in [3.8, 4) is 5.75 Å². The van der Waals surface area contributed by atoms with Gasteiger partial charge in [0.25, 0.3) is 5.91 Å². The molecular formula is C27H41N3O5S. The SMILES string of the molecule is CCCCCCCCCCOC(=O)CC1C(=O)NCCN1C(=S)NC(=O)c1ccc(OC(C)C)cc1. The van der Waals surface area contributed by atoms with Gasteiger partial charge >= 0.3 is 5.97 Å². The largest absolute Gasteiger partial charge is 0.491 e. The lowest BCUT2D eigenvalue weighted by atomic mass is 10.1. The van der Waals surface area contributed by atoms with Crippen LogP contribution in [0.3, 0.4) is 0 Å². The predicted octanol–water partition coefficient (Wildman–Crippen LogP) is 4.36. The summed E-state index contributed by atoms with van der Waals surface area (Å²) in [6.07, 6.45) is 9.18. The zero-order chi connectivity index (χ0) is 26.3. The molecule has 2 rings (SSSR count). The highest BCUT2D eigenvalue weighted by molar-refractivity contribution is 7.80. The second-order valence-corrected chi connectivity index (χ2v) is 9.74. The van der Waals surface area contributed by atoms with E-state index in [-0.39, 0.29) is 23.5 Å². The van der Waals surface area contributed by atoms with Crippen LogP contribution < -0.4 is 15.4 Å². The van der Waals surface area contributed by atoms with Gasteiger partial charge < -0.3 is 19.7 Å². The molecule has 1 unspecified atom stereocenters. The average Bonchev–Trinajstić information content (AvgIpc) is 2.84. The van der Waals surface area contributed by atoms with Crippen LogP contribution in [0.5, 0.6) is 5.75 Å². The number of rotatable bonds is 14. The number of benzene rings is 1. The Morgan fingerprint density at radius 1 is 1.08 bits per heavy atom. The number of piperazine rings is 1. The molecule has 1 aromatic carbocycles. The lowest BCUT2D eigenvalue weighted by Crippen LogP contribution is -2.60. The maximum atomic E-state index is 12.7. The summed E-state index contributed by atoms with van der Waals surface area (Å²) in [5.74, 6) is -0.475. The lowest BCUT2D eigenvalue weighted by Gasteiger charge is -2.36.